The number of carbonyl (C=O) groups excluding carboxylic acids is 1. The molecule has 0 aliphatic carbocycles. The minimum Gasteiger partial charge on any atom is -0.479 e. The third-order valence-corrected chi connectivity index (χ3v) is 3.32. The van der Waals surface area contributed by atoms with E-state index in [1.165, 1.54) is 18.2 Å². The number of rotatable bonds is 4. The van der Waals surface area contributed by atoms with Gasteiger partial charge in [-0.05, 0) is 39.0 Å². The van der Waals surface area contributed by atoms with Crippen LogP contribution in [-0.2, 0) is 9.53 Å². The molecule has 0 fully saturated rings. The second-order valence-corrected chi connectivity index (χ2v) is 6.45. The molecule has 1 amide bonds. The highest BCUT2D eigenvalue weighted by molar-refractivity contribution is 5.96. The molecule has 0 aliphatic heterocycles. The molecule has 132 valence electrons. The largest absolute Gasteiger partial charge is 0.479 e. The molecule has 2 aromatic rings. The molecule has 0 aliphatic rings. The summed E-state index contributed by atoms with van der Waals surface area (Å²) in [6.07, 6.45) is -0.866. The van der Waals surface area contributed by atoms with Gasteiger partial charge in [0.15, 0.2) is 6.04 Å². The number of benzene rings is 2. The maximum absolute atomic E-state index is 14.2. The van der Waals surface area contributed by atoms with Crippen LogP contribution in [-0.4, -0.2) is 22.8 Å². The first kappa shape index (κ1) is 18.4. The van der Waals surface area contributed by atoms with Gasteiger partial charge in [-0.3, -0.25) is 4.90 Å². The lowest BCUT2D eigenvalue weighted by atomic mass is 10.0. The van der Waals surface area contributed by atoms with E-state index in [4.69, 9.17) is 4.74 Å². The fourth-order valence-electron chi connectivity index (χ4n) is 2.34. The van der Waals surface area contributed by atoms with Crippen molar-refractivity contribution >= 4 is 17.7 Å². The number of halogens is 1. The summed E-state index contributed by atoms with van der Waals surface area (Å²) in [6.45, 7) is 5.02. The van der Waals surface area contributed by atoms with Gasteiger partial charge in [0.25, 0.3) is 0 Å². The van der Waals surface area contributed by atoms with E-state index in [9.17, 15) is 19.1 Å². The molecule has 1 atom stereocenters. The van der Waals surface area contributed by atoms with Crippen molar-refractivity contribution in [2.24, 2.45) is 0 Å². The fourth-order valence-corrected chi connectivity index (χ4v) is 2.34. The van der Waals surface area contributed by atoms with E-state index in [1.54, 1.807) is 51.1 Å². The average Bonchev–Trinajstić information content (AvgIpc) is 2.52. The molecule has 1 N–H and O–H groups in total. The monoisotopic (exact) mass is 345 g/mol. The number of nitrogens with zero attached hydrogens (tertiary/aromatic N) is 1. The molecule has 5 nitrogen and oxygen atoms in total. The first-order valence-electron chi connectivity index (χ1n) is 7.75. The van der Waals surface area contributed by atoms with Crippen molar-refractivity contribution in [3.05, 3.63) is 66.0 Å². The second kappa shape index (κ2) is 7.34. The topological polar surface area (TPSA) is 66.8 Å². The number of carbonyl (C=O) groups is 2. The van der Waals surface area contributed by atoms with E-state index in [1.807, 2.05) is 0 Å². The first-order valence-corrected chi connectivity index (χ1v) is 7.75. The highest BCUT2D eigenvalue weighted by atomic mass is 19.1. The predicted molar refractivity (Wildman–Crippen MR) is 91.9 cm³/mol. The zero-order chi connectivity index (χ0) is 18.6. The standard InChI is InChI=1S/C19H20FNO4/c1-19(2,3)25-18(24)21(13-9-5-4-6-10-13)16(17(22)23)14-11-7-8-12-15(14)20/h4-12,16H,1-3H3,(H,22,23). The summed E-state index contributed by atoms with van der Waals surface area (Å²) in [5, 5.41) is 9.71. The third kappa shape index (κ3) is 4.56. The Bertz CT molecular complexity index is 756. The number of anilines is 1. The fraction of sp³-hybridized carbons (Fsp3) is 0.263. The summed E-state index contributed by atoms with van der Waals surface area (Å²) in [7, 11) is 0. The number of hydrogen-bond donors (Lipinski definition) is 1. The van der Waals surface area contributed by atoms with Crippen LogP contribution in [0.25, 0.3) is 0 Å². The Kier molecular flexibility index (Phi) is 5.41. The van der Waals surface area contributed by atoms with Crippen LogP contribution in [0.1, 0.15) is 32.4 Å². The molecule has 2 rings (SSSR count). The summed E-state index contributed by atoms with van der Waals surface area (Å²) in [5.74, 6) is -2.07. The molecule has 0 saturated heterocycles. The lowest BCUT2D eigenvalue weighted by Crippen LogP contribution is -2.42. The first-order chi connectivity index (χ1) is 11.7. The van der Waals surface area contributed by atoms with E-state index in [-0.39, 0.29) is 5.56 Å². The maximum atomic E-state index is 14.2. The molecule has 2 aromatic carbocycles. The summed E-state index contributed by atoms with van der Waals surface area (Å²) in [5.41, 5.74) is -0.653. The Morgan fingerprint density at radius 3 is 2.12 bits per heavy atom. The van der Waals surface area contributed by atoms with E-state index in [2.05, 4.69) is 0 Å². The van der Waals surface area contributed by atoms with Gasteiger partial charge in [-0.25, -0.2) is 14.0 Å². The zero-order valence-electron chi connectivity index (χ0n) is 14.3. The van der Waals surface area contributed by atoms with E-state index in [0.717, 1.165) is 11.0 Å². The van der Waals surface area contributed by atoms with Crippen molar-refractivity contribution < 1.29 is 23.8 Å². The summed E-state index contributed by atoms with van der Waals surface area (Å²) in [4.78, 5) is 25.6. The number of carboxylic acids is 1. The summed E-state index contributed by atoms with van der Waals surface area (Å²) >= 11 is 0. The highest BCUT2D eigenvalue weighted by Crippen LogP contribution is 2.31. The van der Waals surface area contributed by atoms with Crippen LogP contribution in [0.5, 0.6) is 0 Å². The minimum atomic E-state index is -1.56. The molecule has 6 heteroatoms. The number of ether oxygens (including phenoxy) is 1. The molecule has 1 unspecified atom stereocenters. The Hall–Kier alpha value is -2.89. The van der Waals surface area contributed by atoms with E-state index in [0.29, 0.717) is 5.69 Å². The van der Waals surface area contributed by atoms with Gasteiger partial charge < -0.3 is 9.84 Å². The lowest BCUT2D eigenvalue weighted by molar-refractivity contribution is -0.138. The van der Waals surface area contributed by atoms with Gasteiger partial charge in [0, 0.05) is 11.3 Å². The molecule has 0 heterocycles. The Morgan fingerprint density at radius 1 is 1.04 bits per heavy atom. The van der Waals surface area contributed by atoms with Gasteiger partial charge in [0.1, 0.15) is 11.4 Å². The van der Waals surface area contributed by atoms with Crippen LogP contribution in [0, 0.1) is 5.82 Å². The van der Waals surface area contributed by atoms with E-state index < -0.39 is 29.5 Å². The molecular formula is C19H20FNO4. The van der Waals surface area contributed by atoms with Gasteiger partial charge in [-0.2, -0.15) is 0 Å². The van der Waals surface area contributed by atoms with Crippen molar-refractivity contribution in [2.45, 2.75) is 32.4 Å². The number of amides is 1. The summed E-state index contributed by atoms with van der Waals surface area (Å²) in [6, 6.07) is 12.1. The Labute approximate surface area is 145 Å². The van der Waals surface area contributed by atoms with Gasteiger partial charge >= 0.3 is 12.1 Å². The molecule has 0 aromatic heterocycles. The van der Waals surface area contributed by atoms with Gasteiger partial charge in [-0.1, -0.05) is 36.4 Å². The SMILES string of the molecule is CC(C)(C)OC(=O)N(c1ccccc1)C(C(=O)O)c1ccccc1F. The van der Waals surface area contributed by atoms with Crippen molar-refractivity contribution in [2.75, 3.05) is 4.90 Å². The molecule has 0 saturated carbocycles. The smallest absolute Gasteiger partial charge is 0.415 e. The van der Waals surface area contributed by atoms with Crippen LogP contribution in [0.2, 0.25) is 0 Å². The van der Waals surface area contributed by atoms with Crippen LogP contribution < -0.4 is 4.90 Å². The predicted octanol–water partition coefficient (Wildman–Crippen LogP) is 4.39. The molecule has 0 bridgehead atoms. The van der Waals surface area contributed by atoms with Crippen molar-refractivity contribution in [3.63, 3.8) is 0 Å². The highest BCUT2D eigenvalue weighted by Gasteiger charge is 2.36. The van der Waals surface area contributed by atoms with Crippen LogP contribution >= 0.6 is 0 Å². The van der Waals surface area contributed by atoms with E-state index >= 15 is 0 Å². The van der Waals surface area contributed by atoms with Crippen LogP contribution in [0.4, 0.5) is 14.9 Å². The molecular weight excluding hydrogens is 325 g/mol. The van der Waals surface area contributed by atoms with Crippen molar-refractivity contribution in [3.8, 4) is 0 Å². The number of hydrogen-bond acceptors (Lipinski definition) is 3. The van der Waals surface area contributed by atoms with Gasteiger partial charge in [0.05, 0.1) is 0 Å². The second-order valence-electron chi connectivity index (χ2n) is 6.45. The van der Waals surface area contributed by atoms with Gasteiger partial charge in [-0.15, -0.1) is 0 Å². The lowest BCUT2D eigenvalue weighted by Gasteiger charge is -2.31. The quantitative estimate of drug-likeness (QED) is 0.892. The minimum absolute atomic E-state index is 0.121. The maximum Gasteiger partial charge on any atom is 0.415 e. The Balaban J connectivity index is 2.57. The number of aliphatic carboxylic acids is 1. The normalized spacial score (nSPS) is 12.3. The Morgan fingerprint density at radius 2 is 1.60 bits per heavy atom. The van der Waals surface area contributed by atoms with Crippen molar-refractivity contribution in [1.29, 1.82) is 0 Å². The average molecular weight is 345 g/mol. The van der Waals surface area contributed by atoms with Gasteiger partial charge in [0.2, 0.25) is 0 Å². The van der Waals surface area contributed by atoms with Crippen LogP contribution in [0.15, 0.2) is 54.6 Å². The van der Waals surface area contributed by atoms with Crippen LogP contribution in [0.3, 0.4) is 0 Å². The summed E-state index contributed by atoms with van der Waals surface area (Å²) < 4.78 is 19.6. The molecule has 25 heavy (non-hydrogen) atoms. The molecule has 0 radical (unpaired) electrons. The zero-order valence-corrected chi connectivity index (χ0v) is 14.3. The number of para-hydroxylation sites is 1. The van der Waals surface area contributed by atoms with Crippen molar-refractivity contribution in [1.82, 2.24) is 0 Å². The number of carboxylic acid groups (broad SMARTS) is 1. The third-order valence-electron chi connectivity index (χ3n) is 3.32. The molecule has 0 spiro atoms.